The van der Waals surface area contributed by atoms with E-state index >= 15 is 0 Å². The zero-order chi connectivity index (χ0) is 20.5. The van der Waals surface area contributed by atoms with Crippen molar-refractivity contribution in [2.75, 3.05) is 33.7 Å². The van der Waals surface area contributed by atoms with E-state index < -0.39 is 0 Å². The maximum atomic E-state index is 10.5. The lowest BCUT2D eigenvalue weighted by Gasteiger charge is -2.19. The van der Waals surface area contributed by atoms with Gasteiger partial charge in [0.15, 0.2) is 0 Å². The van der Waals surface area contributed by atoms with Crippen molar-refractivity contribution in [3.63, 3.8) is 0 Å². The first-order valence-corrected chi connectivity index (χ1v) is 11.5. The number of likely N-dealkylation sites (N-methyl/N-ethyl adjacent to an activating group) is 1. The van der Waals surface area contributed by atoms with Crippen LogP contribution in [0, 0.1) is 23.7 Å². The molecule has 4 heteroatoms. The Morgan fingerprint density at radius 1 is 1.32 bits per heavy atom. The highest BCUT2D eigenvalue weighted by molar-refractivity contribution is 5.21. The van der Waals surface area contributed by atoms with Crippen LogP contribution in [0.5, 0.6) is 0 Å². The summed E-state index contributed by atoms with van der Waals surface area (Å²) in [6, 6.07) is 0. The topological polar surface area (TPSA) is 55.7 Å². The van der Waals surface area contributed by atoms with Gasteiger partial charge in [0.1, 0.15) is 0 Å². The highest BCUT2D eigenvalue weighted by Crippen LogP contribution is 2.47. The number of nitrogens with one attached hydrogen (secondary N) is 1. The SMILES string of the molecule is CCCC[C@H](C)C[C@H](O)C=C[C@@H]1[C@H]2CC(CCNCCN(C)C)=C[C@H]2C[C@H]1O. The molecule has 1 fully saturated rings. The average Bonchev–Trinajstić information content (AvgIpc) is 3.14. The summed E-state index contributed by atoms with van der Waals surface area (Å²) < 4.78 is 0. The molecule has 0 heterocycles. The summed E-state index contributed by atoms with van der Waals surface area (Å²) >= 11 is 0. The molecule has 1 saturated carbocycles. The van der Waals surface area contributed by atoms with E-state index in [9.17, 15) is 10.2 Å². The van der Waals surface area contributed by atoms with Crippen molar-refractivity contribution in [3.05, 3.63) is 23.8 Å². The fourth-order valence-electron chi connectivity index (χ4n) is 4.88. The molecule has 6 atom stereocenters. The van der Waals surface area contributed by atoms with Crippen LogP contribution in [0.2, 0.25) is 0 Å². The van der Waals surface area contributed by atoms with Crippen molar-refractivity contribution in [2.24, 2.45) is 23.7 Å². The molecule has 0 radical (unpaired) electrons. The van der Waals surface area contributed by atoms with Gasteiger partial charge in [0.2, 0.25) is 0 Å². The Labute approximate surface area is 173 Å². The number of aliphatic hydroxyl groups is 2. The first-order valence-electron chi connectivity index (χ1n) is 11.5. The number of hydrogen-bond acceptors (Lipinski definition) is 4. The van der Waals surface area contributed by atoms with E-state index in [1.54, 1.807) is 5.57 Å². The molecule has 2 aliphatic carbocycles. The summed E-state index contributed by atoms with van der Waals surface area (Å²) in [7, 11) is 4.20. The van der Waals surface area contributed by atoms with Crippen LogP contribution in [-0.4, -0.2) is 61.1 Å². The number of nitrogens with zero attached hydrogens (tertiary/aromatic N) is 1. The molecule has 2 aliphatic rings. The number of aliphatic hydroxyl groups excluding tert-OH is 2. The van der Waals surface area contributed by atoms with E-state index in [-0.39, 0.29) is 18.1 Å². The predicted molar refractivity (Wildman–Crippen MR) is 118 cm³/mol. The molecule has 4 nitrogen and oxygen atoms in total. The lowest BCUT2D eigenvalue weighted by molar-refractivity contribution is 0.139. The van der Waals surface area contributed by atoms with Crippen LogP contribution in [0.15, 0.2) is 23.8 Å². The highest BCUT2D eigenvalue weighted by atomic mass is 16.3. The second-order valence-electron chi connectivity index (χ2n) is 9.48. The molecule has 28 heavy (non-hydrogen) atoms. The quantitative estimate of drug-likeness (QED) is 0.331. The third-order valence-electron chi connectivity index (χ3n) is 6.56. The van der Waals surface area contributed by atoms with Gasteiger partial charge in [-0.3, -0.25) is 0 Å². The maximum Gasteiger partial charge on any atom is 0.0723 e. The molecule has 0 bridgehead atoms. The molecule has 0 aromatic rings. The van der Waals surface area contributed by atoms with Crippen molar-refractivity contribution in [3.8, 4) is 0 Å². The van der Waals surface area contributed by atoms with Gasteiger partial charge in [-0.2, -0.15) is 0 Å². The van der Waals surface area contributed by atoms with Crippen LogP contribution < -0.4 is 5.32 Å². The van der Waals surface area contributed by atoms with Gasteiger partial charge in [-0.15, -0.1) is 0 Å². The van der Waals surface area contributed by atoms with Crippen molar-refractivity contribution in [2.45, 2.75) is 71.0 Å². The Morgan fingerprint density at radius 2 is 2.11 bits per heavy atom. The Balaban J connectivity index is 1.75. The van der Waals surface area contributed by atoms with Crippen LogP contribution in [0.1, 0.15) is 58.8 Å². The van der Waals surface area contributed by atoms with Crippen LogP contribution in [0.4, 0.5) is 0 Å². The molecule has 0 saturated heterocycles. The van der Waals surface area contributed by atoms with Gasteiger partial charge in [0, 0.05) is 19.0 Å². The second kappa shape index (κ2) is 12.1. The summed E-state index contributed by atoms with van der Waals surface area (Å²) in [5.74, 6) is 1.79. The molecule has 0 aromatic heterocycles. The first-order chi connectivity index (χ1) is 13.4. The van der Waals surface area contributed by atoms with Gasteiger partial charge in [0.05, 0.1) is 12.2 Å². The molecule has 0 amide bonds. The minimum absolute atomic E-state index is 0.195. The van der Waals surface area contributed by atoms with Crippen molar-refractivity contribution >= 4 is 0 Å². The zero-order valence-electron chi connectivity index (χ0n) is 18.6. The lowest BCUT2D eigenvalue weighted by atomic mass is 9.88. The van der Waals surface area contributed by atoms with Gasteiger partial charge < -0.3 is 20.4 Å². The van der Waals surface area contributed by atoms with E-state index in [0.29, 0.717) is 17.8 Å². The van der Waals surface area contributed by atoms with Crippen molar-refractivity contribution in [1.82, 2.24) is 10.2 Å². The second-order valence-corrected chi connectivity index (χ2v) is 9.48. The Bertz CT molecular complexity index is 503. The smallest absolute Gasteiger partial charge is 0.0723 e. The number of rotatable bonds is 13. The molecule has 0 aliphatic heterocycles. The summed E-state index contributed by atoms with van der Waals surface area (Å²) in [6.45, 7) is 7.59. The Hall–Kier alpha value is -0.680. The van der Waals surface area contributed by atoms with Gasteiger partial charge in [-0.05, 0) is 64.1 Å². The normalized spacial score (nSPS) is 29.5. The van der Waals surface area contributed by atoms with Crippen molar-refractivity contribution < 1.29 is 10.2 Å². The molecular formula is C24H44N2O2. The molecule has 3 N–H and O–H groups in total. The number of fused-ring (bicyclic) bond motifs is 1. The first kappa shape index (κ1) is 23.6. The van der Waals surface area contributed by atoms with Gasteiger partial charge in [-0.25, -0.2) is 0 Å². The van der Waals surface area contributed by atoms with Gasteiger partial charge in [0.25, 0.3) is 0 Å². The van der Waals surface area contributed by atoms with E-state index in [0.717, 1.165) is 45.3 Å². The number of unbranched alkanes of at least 4 members (excludes halogenated alkanes) is 1. The van der Waals surface area contributed by atoms with Crippen molar-refractivity contribution in [1.29, 1.82) is 0 Å². The fraction of sp³-hybridized carbons (Fsp3) is 0.833. The van der Waals surface area contributed by atoms with Crippen LogP contribution in [0.3, 0.4) is 0 Å². The molecular weight excluding hydrogens is 348 g/mol. The predicted octanol–water partition coefficient (Wildman–Crippen LogP) is 3.60. The molecule has 162 valence electrons. The van der Waals surface area contributed by atoms with Crippen LogP contribution in [-0.2, 0) is 0 Å². The Morgan fingerprint density at radius 3 is 2.82 bits per heavy atom. The van der Waals surface area contributed by atoms with Crippen LogP contribution in [0.25, 0.3) is 0 Å². The fourth-order valence-corrected chi connectivity index (χ4v) is 4.88. The standard InChI is InChI=1S/C24H44N2O2/c1-5-6-7-18(2)14-21(27)8-9-22-23-16-19(15-20(23)17-24(22)28)10-11-25-12-13-26(3)4/h8-9,15,18,20-25,27-28H,5-7,10-14,16-17H2,1-4H3/t18-,20-,21+,22+,23-,24+/m0/s1. The van der Waals surface area contributed by atoms with E-state index in [1.165, 1.54) is 19.3 Å². The summed E-state index contributed by atoms with van der Waals surface area (Å²) in [5.41, 5.74) is 1.55. The average molecular weight is 393 g/mol. The lowest BCUT2D eigenvalue weighted by Crippen LogP contribution is -2.27. The Kier molecular flexibility index (Phi) is 10.2. The highest BCUT2D eigenvalue weighted by Gasteiger charge is 2.43. The molecule has 0 unspecified atom stereocenters. The maximum absolute atomic E-state index is 10.5. The minimum Gasteiger partial charge on any atom is -0.392 e. The largest absolute Gasteiger partial charge is 0.392 e. The number of hydrogen-bond donors (Lipinski definition) is 3. The van der Waals surface area contributed by atoms with Crippen LogP contribution >= 0.6 is 0 Å². The molecule has 0 spiro atoms. The van der Waals surface area contributed by atoms with E-state index in [2.05, 4.69) is 50.3 Å². The molecule has 0 aromatic carbocycles. The van der Waals surface area contributed by atoms with E-state index in [1.807, 2.05) is 6.08 Å². The molecule has 2 rings (SSSR count). The number of allylic oxidation sites excluding steroid dienone is 1. The summed E-state index contributed by atoms with van der Waals surface area (Å²) in [4.78, 5) is 2.20. The zero-order valence-corrected chi connectivity index (χ0v) is 18.6. The summed E-state index contributed by atoms with van der Waals surface area (Å²) in [5, 5.41) is 24.4. The van der Waals surface area contributed by atoms with Gasteiger partial charge in [-0.1, -0.05) is 56.9 Å². The van der Waals surface area contributed by atoms with E-state index in [4.69, 9.17) is 0 Å². The third kappa shape index (κ3) is 7.62. The monoisotopic (exact) mass is 392 g/mol. The van der Waals surface area contributed by atoms with Gasteiger partial charge >= 0.3 is 0 Å². The minimum atomic E-state index is -0.382. The summed E-state index contributed by atoms with van der Waals surface area (Å²) in [6.07, 6.45) is 13.4. The third-order valence-corrected chi connectivity index (χ3v) is 6.56.